The summed E-state index contributed by atoms with van der Waals surface area (Å²) in [5.74, 6) is -1.53. The summed E-state index contributed by atoms with van der Waals surface area (Å²) in [7, 11) is 0. The first-order valence-electron chi connectivity index (χ1n) is 5.65. The molecule has 0 saturated carbocycles. The van der Waals surface area contributed by atoms with E-state index < -0.39 is 38.7 Å². The van der Waals surface area contributed by atoms with Crippen molar-refractivity contribution in [2.75, 3.05) is 6.61 Å². The standard InChI is InChI=1S/C11H8N4O7/c1-2-21-11(16)8(6-12)13-22-10-4-3-7(14(17)18)5-9(10)15(19)20/h3-5H,2H2,1H3. The molecule has 0 saturated heterocycles. The number of rotatable bonds is 6. The summed E-state index contributed by atoms with van der Waals surface area (Å²) in [6.07, 6.45) is 0. The number of hydrogen-bond acceptors (Lipinski definition) is 9. The zero-order valence-electron chi connectivity index (χ0n) is 11.1. The number of esters is 1. The highest BCUT2D eigenvalue weighted by molar-refractivity contribution is 6.42. The Morgan fingerprint density at radius 2 is 2.05 bits per heavy atom. The van der Waals surface area contributed by atoms with Gasteiger partial charge in [0, 0.05) is 6.07 Å². The van der Waals surface area contributed by atoms with Crippen molar-refractivity contribution in [3.8, 4) is 11.8 Å². The monoisotopic (exact) mass is 308 g/mol. The van der Waals surface area contributed by atoms with E-state index >= 15 is 0 Å². The maximum absolute atomic E-state index is 11.3. The van der Waals surface area contributed by atoms with Gasteiger partial charge in [0.15, 0.2) is 0 Å². The van der Waals surface area contributed by atoms with E-state index in [9.17, 15) is 25.0 Å². The van der Waals surface area contributed by atoms with Crippen molar-refractivity contribution in [1.82, 2.24) is 0 Å². The number of benzene rings is 1. The number of ether oxygens (including phenoxy) is 1. The molecule has 0 amide bonds. The molecule has 0 bridgehead atoms. The second kappa shape index (κ2) is 7.29. The quantitative estimate of drug-likeness (QED) is 0.329. The van der Waals surface area contributed by atoms with Crippen molar-refractivity contribution < 1.29 is 24.2 Å². The third-order valence-corrected chi connectivity index (χ3v) is 2.16. The molecule has 0 fully saturated rings. The average molecular weight is 308 g/mol. The zero-order valence-corrected chi connectivity index (χ0v) is 11.1. The Bertz CT molecular complexity index is 692. The van der Waals surface area contributed by atoms with E-state index in [-0.39, 0.29) is 6.61 Å². The Morgan fingerprint density at radius 3 is 2.55 bits per heavy atom. The lowest BCUT2D eigenvalue weighted by molar-refractivity contribution is -0.394. The number of nitro groups is 2. The number of nitriles is 1. The van der Waals surface area contributed by atoms with Gasteiger partial charge in [-0.25, -0.2) is 4.79 Å². The van der Waals surface area contributed by atoms with Gasteiger partial charge in [0.2, 0.25) is 5.75 Å². The molecule has 0 heterocycles. The van der Waals surface area contributed by atoms with Gasteiger partial charge < -0.3 is 9.57 Å². The fourth-order valence-corrected chi connectivity index (χ4v) is 1.24. The molecule has 0 aromatic heterocycles. The largest absolute Gasteiger partial charge is 0.461 e. The van der Waals surface area contributed by atoms with E-state index in [0.717, 1.165) is 12.1 Å². The molecular formula is C11H8N4O7. The summed E-state index contributed by atoms with van der Waals surface area (Å²) in [4.78, 5) is 35.6. The van der Waals surface area contributed by atoms with Crippen molar-refractivity contribution in [3.63, 3.8) is 0 Å². The fraction of sp³-hybridized carbons (Fsp3) is 0.182. The van der Waals surface area contributed by atoms with Crippen LogP contribution in [0.4, 0.5) is 11.4 Å². The molecule has 0 aliphatic heterocycles. The van der Waals surface area contributed by atoms with Crippen LogP contribution in [-0.4, -0.2) is 28.1 Å². The second-order valence-electron chi connectivity index (χ2n) is 3.53. The first kappa shape index (κ1) is 16.5. The number of hydrogen-bond donors (Lipinski definition) is 0. The number of nitrogens with zero attached hydrogens (tertiary/aromatic N) is 4. The Labute approximate surface area is 122 Å². The van der Waals surface area contributed by atoms with E-state index in [1.54, 1.807) is 0 Å². The van der Waals surface area contributed by atoms with Crippen molar-refractivity contribution in [3.05, 3.63) is 38.4 Å². The van der Waals surface area contributed by atoms with Gasteiger partial charge in [-0.05, 0) is 13.0 Å². The molecule has 22 heavy (non-hydrogen) atoms. The van der Waals surface area contributed by atoms with Gasteiger partial charge in [0.05, 0.1) is 22.5 Å². The molecule has 1 aromatic rings. The highest BCUT2D eigenvalue weighted by Gasteiger charge is 2.22. The topological polar surface area (TPSA) is 158 Å². The van der Waals surface area contributed by atoms with Crippen LogP contribution in [0.25, 0.3) is 0 Å². The number of nitro benzene ring substituents is 2. The molecule has 0 radical (unpaired) electrons. The van der Waals surface area contributed by atoms with Gasteiger partial charge in [-0.1, -0.05) is 5.16 Å². The Kier molecular flexibility index (Phi) is 5.47. The van der Waals surface area contributed by atoms with Gasteiger partial charge in [0.25, 0.3) is 11.4 Å². The Morgan fingerprint density at radius 1 is 1.36 bits per heavy atom. The summed E-state index contributed by atoms with van der Waals surface area (Å²) in [6, 6.07) is 3.96. The summed E-state index contributed by atoms with van der Waals surface area (Å²) >= 11 is 0. The summed E-state index contributed by atoms with van der Waals surface area (Å²) in [5, 5.41) is 33.3. The molecule has 1 aromatic carbocycles. The maximum atomic E-state index is 11.3. The molecule has 11 nitrogen and oxygen atoms in total. The first-order chi connectivity index (χ1) is 10.4. The lowest BCUT2D eigenvalue weighted by Gasteiger charge is -2.01. The molecule has 11 heteroatoms. The van der Waals surface area contributed by atoms with Crippen molar-refractivity contribution in [2.45, 2.75) is 6.92 Å². The minimum atomic E-state index is -1.06. The van der Waals surface area contributed by atoms with Gasteiger partial charge in [-0.3, -0.25) is 20.2 Å². The predicted octanol–water partition coefficient (Wildman–Crippen LogP) is 1.32. The third-order valence-electron chi connectivity index (χ3n) is 2.16. The molecule has 0 N–H and O–H groups in total. The highest BCUT2D eigenvalue weighted by atomic mass is 16.7. The number of non-ortho nitro benzene ring substituents is 1. The molecule has 1 rings (SSSR count). The van der Waals surface area contributed by atoms with Gasteiger partial charge in [-0.15, -0.1) is 0 Å². The molecule has 0 atom stereocenters. The predicted molar refractivity (Wildman–Crippen MR) is 70.1 cm³/mol. The molecule has 0 spiro atoms. The van der Waals surface area contributed by atoms with E-state index in [4.69, 9.17) is 5.26 Å². The van der Waals surface area contributed by atoms with Gasteiger partial charge >= 0.3 is 11.7 Å². The summed E-state index contributed by atoms with van der Waals surface area (Å²) in [6.45, 7) is 1.51. The lowest BCUT2D eigenvalue weighted by Crippen LogP contribution is -2.16. The molecular weight excluding hydrogens is 300 g/mol. The van der Waals surface area contributed by atoms with Crippen molar-refractivity contribution >= 4 is 23.1 Å². The van der Waals surface area contributed by atoms with E-state index in [1.807, 2.05) is 0 Å². The normalized spacial score (nSPS) is 10.5. The Balaban J connectivity index is 3.12. The van der Waals surface area contributed by atoms with Crippen LogP contribution in [0.3, 0.4) is 0 Å². The third kappa shape index (κ3) is 3.97. The van der Waals surface area contributed by atoms with Crippen LogP contribution in [0.1, 0.15) is 6.92 Å². The maximum Gasteiger partial charge on any atom is 0.371 e. The van der Waals surface area contributed by atoms with E-state index in [2.05, 4.69) is 14.7 Å². The van der Waals surface area contributed by atoms with Crippen LogP contribution >= 0.6 is 0 Å². The minimum Gasteiger partial charge on any atom is -0.461 e. The van der Waals surface area contributed by atoms with Gasteiger partial charge in [-0.2, -0.15) is 5.26 Å². The fourth-order valence-electron chi connectivity index (χ4n) is 1.24. The smallest absolute Gasteiger partial charge is 0.371 e. The number of carbonyl (C=O) groups excluding carboxylic acids is 1. The SMILES string of the molecule is CCOC(=O)C(C#N)=NOc1ccc([N+](=O)[O-])cc1[N+](=O)[O-]. The van der Waals surface area contributed by atoms with E-state index in [1.165, 1.54) is 13.0 Å². The van der Waals surface area contributed by atoms with Crippen LogP contribution in [0.15, 0.2) is 23.4 Å². The molecule has 0 aliphatic carbocycles. The minimum absolute atomic E-state index is 0.00277. The first-order valence-corrected chi connectivity index (χ1v) is 5.65. The highest BCUT2D eigenvalue weighted by Crippen LogP contribution is 2.31. The van der Waals surface area contributed by atoms with Crippen molar-refractivity contribution in [2.24, 2.45) is 5.16 Å². The van der Waals surface area contributed by atoms with Crippen LogP contribution in [0, 0.1) is 31.6 Å². The molecule has 114 valence electrons. The van der Waals surface area contributed by atoms with Crippen LogP contribution in [-0.2, 0) is 9.53 Å². The molecule has 0 unspecified atom stereocenters. The van der Waals surface area contributed by atoms with Crippen molar-refractivity contribution in [1.29, 1.82) is 5.26 Å². The van der Waals surface area contributed by atoms with Gasteiger partial charge in [0.1, 0.15) is 6.07 Å². The van der Waals surface area contributed by atoms with Crippen LogP contribution in [0.5, 0.6) is 5.75 Å². The zero-order chi connectivity index (χ0) is 16.7. The average Bonchev–Trinajstić information content (AvgIpc) is 2.47. The Hall–Kier alpha value is -3.55. The lowest BCUT2D eigenvalue weighted by atomic mass is 10.2. The van der Waals surface area contributed by atoms with Crippen LogP contribution in [0.2, 0.25) is 0 Å². The van der Waals surface area contributed by atoms with Crippen LogP contribution < -0.4 is 4.84 Å². The number of oxime groups is 1. The number of carbonyl (C=O) groups is 1. The summed E-state index contributed by atoms with van der Waals surface area (Å²) < 4.78 is 4.52. The molecule has 0 aliphatic rings. The summed E-state index contributed by atoms with van der Waals surface area (Å²) in [5.41, 5.74) is -2.01. The van der Waals surface area contributed by atoms with E-state index in [0.29, 0.717) is 6.07 Å². The second-order valence-corrected chi connectivity index (χ2v) is 3.53.